The first-order valence-corrected chi connectivity index (χ1v) is 7.56. The highest BCUT2D eigenvalue weighted by molar-refractivity contribution is 5.81. The Labute approximate surface area is 132 Å². The van der Waals surface area contributed by atoms with E-state index in [1.54, 1.807) is 6.92 Å². The smallest absolute Gasteiger partial charge is 0.261 e. The first kappa shape index (κ1) is 16.1. The van der Waals surface area contributed by atoms with Crippen molar-refractivity contribution in [2.45, 2.75) is 39.8 Å². The number of ether oxygens (including phenoxy) is 1. The molecule has 22 heavy (non-hydrogen) atoms. The van der Waals surface area contributed by atoms with Crippen LogP contribution in [0.5, 0.6) is 5.75 Å². The largest absolute Gasteiger partial charge is 0.481 e. The van der Waals surface area contributed by atoms with Crippen LogP contribution in [0.4, 0.5) is 0 Å². The lowest BCUT2D eigenvalue weighted by Crippen LogP contribution is -2.37. The Morgan fingerprint density at radius 2 is 1.73 bits per heavy atom. The van der Waals surface area contributed by atoms with Crippen LogP contribution in [-0.2, 0) is 4.79 Å². The maximum Gasteiger partial charge on any atom is 0.261 e. The summed E-state index contributed by atoms with van der Waals surface area (Å²) in [6.45, 7) is 7.88. The number of carbonyl (C=O) groups is 1. The van der Waals surface area contributed by atoms with E-state index in [4.69, 9.17) is 4.74 Å². The summed E-state index contributed by atoms with van der Waals surface area (Å²) < 4.78 is 5.65. The maximum absolute atomic E-state index is 12.3. The van der Waals surface area contributed by atoms with E-state index < -0.39 is 6.10 Å². The first-order valence-electron chi connectivity index (χ1n) is 7.56. The topological polar surface area (TPSA) is 38.3 Å². The third kappa shape index (κ3) is 4.10. The molecule has 0 aliphatic carbocycles. The average molecular weight is 297 g/mol. The Hall–Kier alpha value is -2.29. The molecule has 2 atom stereocenters. The van der Waals surface area contributed by atoms with E-state index in [-0.39, 0.29) is 11.9 Å². The normalized spacial score (nSPS) is 13.3. The Morgan fingerprint density at radius 1 is 1.05 bits per heavy atom. The number of benzene rings is 2. The highest BCUT2D eigenvalue weighted by Crippen LogP contribution is 2.19. The number of aryl methyl sites for hydroxylation is 2. The number of carbonyl (C=O) groups excluding carboxylic acids is 1. The third-order valence-electron chi connectivity index (χ3n) is 3.68. The monoisotopic (exact) mass is 297 g/mol. The van der Waals surface area contributed by atoms with Crippen LogP contribution in [0.25, 0.3) is 0 Å². The molecule has 0 saturated carbocycles. The number of nitrogens with one attached hydrogen (secondary N) is 1. The summed E-state index contributed by atoms with van der Waals surface area (Å²) in [6.07, 6.45) is -0.532. The lowest BCUT2D eigenvalue weighted by molar-refractivity contribution is -0.127. The summed E-state index contributed by atoms with van der Waals surface area (Å²) >= 11 is 0. The van der Waals surface area contributed by atoms with Crippen LogP contribution < -0.4 is 10.1 Å². The number of hydrogen-bond donors (Lipinski definition) is 1. The molecular formula is C19H23NO2. The van der Waals surface area contributed by atoms with Crippen molar-refractivity contribution in [3.63, 3.8) is 0 Å². The van der Waals surface area contributed by atoms with Crippen molar-refractivity contribution in [3.8, 4) is 5.75 Å². The quantitative estimate of drug-likeness (QED) is 0.907. The second kappa shape index (κ2) is 7.12. The van der Waals surface area contributed by atoms with Gasteiger partial charge in [-0.2, -0.15) is 0 Å². The van der Waals surface area contributed by atoms with Gasteiger partial charge in [-0.15, -0.1) is 0 Å². The van der Waals surface area contributed by atoms with Crippen LogP contribution in [0.2, 0.25) is 0 Å². The minimum Gasteiger partial charge on any atom is -0.481 e. The van der Waals surface area contributed by atoms with E-state index in [9.17, 15) is 4.79 Å². The highest BCUT2D eigenvalue weighted by atomic mass is 16.5. The number of hydrogen-bond acceptors (Lipinski definition) is 2. The van der Waals surface area contributed by atoms with Crippen molar-refractivity contribution in [2.24, 2.45) is 0 Å². The molecule has 3 heteroatoms. The molecule has 0 aliphatic rings. The summed E-state index contributed by atoms with van der Waals surface area (Å²) in [4.78, 5) is 12.3. The molecule has 0 bridgehead atoms. The van der Waals surface area contributed by atoms with Gasteiger partial charge in [0.25, 0.3) is 5.91 Å². The van der Waals surface area contributed by atoms with Crippen molar-refractivity contribution in [3.05, 3.63) is 65.2 Å². The molecule has 1 N–H and O–H groups in total. The van der Waals surface area contributed by atoms with E-state index in [0.29, 0.717) is 5.75 Å². The van der Waals surface area contributed by atoms with Crippen LogP contribution in [0.15, 0.2) is 48.5 Å². The zero-order valence-electron chi connectivity index (χ0n) is 13.6. The summed E-state index contributed by atoms with van der Waals surface area (Å²) in [5.74, 6) is 0.584. The van der Waals surface area contributed by atoms with Gasteiger partial charge in [0.1, 0.15) is 5.75 Å². The Morgan fingerprint density at radius 3 is 2.36 bits per heavy atom. The fourth-order valence-electron chi connectivity index (χ4n) is 2.48. The molecule has 0 spiro atoms. The minimum absolute atomic E-state index is 0.0464. The lowest BCUT2D eigenvalue weighted by Gasteiger charge is -2.20. The lowest BCUT2D eigenvalue weighted by atomic mass is 10.0. The SMILES string of the molecule is Cc1ccc(C(C)NC(=O)C(C)Oc2ccccc2)c(C)c1. The zero-order valence-corrected chi connectivity index (χ0v) is 13.6. The molecular weight excluding hydrogens is 274 g/mol. The Balaban J connectivity index is 1.98. The predicted molar refractivity (Wildman–Crippen MR) is 89.0 cm³/mol. The number of para-hydroxylation sites is 1. The molecule has 2 aromatic rings. The molecule has 0 saturated heterocycles. The van der Waals surface area contributed by atoms with Crippen LogP contribution >= 0.6 is 0 Å². The van der Waals surface area contributed by atoms with Crippen molar-refractivity contribution in [1.29, 1.82) is 0 Å². The van der Waals surface area contributed by atoms with Gasteiger partial charge in [-0.1, -0.05) is 42.0 Å². The maximum atomic E-state index is 12.3. The Bertz CT molecular complexity index is 637. The summed E-state index contributed by atoms with van der Waals surface area (Å²) in [6, 6.07) is 15.6. The summed E-state index contributed by atoms with van der Waals surface area (Å²) in [5, 5.41) is 3.01. The van der Waals surface area contributed by atoms with Crippen molar-refractivity contribution in [2.75, 3.05) is 0 Å². The van der Waals surface area contributed by atoms with E-state index in [2.05, 4.69) is 37.4 Å². The fourth-order valence-corrected chi connectivity index (χ4v) is 2.48. The van der Waals surface area contributed by atoms with E-state index >= 15 is 0 Å². The van der Waals surface area contributed by atoms with E-state index in [1.165, 1.54) is 11.1 Å². The van der Waals surface area contributed by atoms with Crippen molar-refractivity contribution < 1.29 is 9.53 Å². The molecule has 2 aromatic carbocycles. The van der Waals surface area contributed by atoms with Gasteiger partial charge in [-0.25, -0.2) is 0 Å². The van der Waals surface area contributed by atoms with E-state index in [0.717, 1.165) is 5.56 Å². The van der Waals surface area contributed by atoms with Gasteiger partial charge in [0.05, 0.1) is 6.04 Å². The molecule has 0 radical (unpaired) electrons. The Kier molecular flexibility index (Phi) is 5.21. The van der Waals surface area contributed by atoms with Gasteiger partial charge in [0, 0.05) is 0 Å². The molecule has 1 amide bonds. The van der Waals surface area contributed by atoms with Crippen LogP contribution in [-0.4, -0.2) is 12.0 Å². The van der Waals surface area contributed by atoms with Crippen molar-refractivity contribution in [1.82, 2.24) is 5.32 Å². The molecule has 2 unspecified atom stereocenters. The fraction of sp³-hybridized carbons (Fsp3) is 0.316. The van der Waals surface area contributed by atoms with Gasteiger partial charge in [0.2, 0.25) is 0 Å². The minimum atomic E-state index is -0.532. The second-order valence-corrected chi connectivity index (χ2v) is 5.66. The molecule has 0 heterocycles. The number of rotatable bonds is 5. The van der Waals surface area contributed by atoms with Gasteiger partial charge in [-0.3, -0.25) is 4.79 Å². The van der Waals surface area contributed by atoms with Gasteiger partial charge in [0.15, 0.2) is 6.10 Å². The molecule has 2 rings (SSSR count). The standard InChI is InChI=1S/C19H23NO2/c1-13-10-11-18(14(2)12-13)15(3)20-19(21)16(4)22-17-8-6-5-7-9-17/h5-12,15-16H,1-4H3,(H,20,21). The van der Waals surface area contributed by atoms with Crippen LogP contribution in [0.3, 0.4) is 0 Å². The van der Waals surface area contributed by atoms with E-state index in [1.807, 2.05) is 37.3 Å². The number of amides is 1. The van der Waals surface area contributed by atoms with Gasteiger partial charge < -0.3 is 10.1 Å². The third-order valence-corrected chi connectivity index (χ3v) is 3.68. The van der Waals surface area contributed by atoms with Crippen molar-refractivity contribution >= 4 is 5.91 Å². The zero-order chi connectivity index (χ0) is 16.1. The first-order chi connectivity index (χ1) is 10.5. The molecule has 0 fully saturated rings. The molecule has 116 valence electrons. The highest BCUT2D eigenvalue weighted by Gasteiger charge is 2.18. The second-order valence-electron chi connectivity index (χ2n) is 5.66. The van der Waals surface area contributed by atoms with Crippen LogP contribution in [0.1, 0.15) is 36.6 Å². The predicted octanol–water partition coefficient (Wildman–Crippen LogP) is 3.95. The summed E-state index contributed by atoms with van der Waals surface area (Å²) in [7, 11) is 0. The molecule has 3 nitrogen and oxygen atoms in total. The summed E-state index contributed by atoms with van der Waals surface area (Å²) in [5.41, 5.74) is 3.54. The van der Waals surface area contributed by atoms with Gasteiger partial charge >= 0.3 is 0 Å². The van der Waals surface area contributed by atoms with Crippen LogP contribution in [0, 0.1) is 13.8 Å². The molecule has 0 aliphatic heterocycles. The molecule has 0 aromatic heterocycles. The van der Waals surface area contributed by atoms with Gasteiger partial charge in [-0.05, 0) is 51.0 Å². The average Bonchev–Trinajstić information content (AvgIpc) is 2.47.